The van der Waals surface area contributed by atoms with Crippen molar-refractivity contribution >= 4 is 35.3 Å². The van der Waals surface area contributed by atoms with Crippen LogP contribution in [0.1, 0.15) is 44.9 Å². The smallest absolute Gasteiger partial charge is 0.355 e. The molecule has 0 bridgehead atoms. The van der Waals surface area contributed by atoms with Crippen LogP contribution in [0.3, 0.4) is 0 Å². The Balaban J connectivity index is 1.79. The Kier molecular flexibility index (Phi) is 8.25. The Bertz CT molecular complexity index is 451. The quantitative estimate of drug-likeness (QED) is 0.722. The van der Waals surface area contributed by atoms with Gasteiger partial charge in [-0.2, -0.15) is 13.2 Å². The van der Waals surface area contributed by atoms with Gasteiger partial charge in [0.1, 0.15) is 6.04 Å². The van der Waals surface area contributed by atoms with Gasteiger partial charge in [-0.3, -0.25) is 9.59 Å². The van der Waals surface area contributed by atoms with Crippen molar-refractivity contribution in [2.24, 2.45) is 0 Å². The molecule has 0 spiro atoms. The average molecular weight is 399 g/mol. The van der Waals surface area contributed by atoms with E-state index in [0.29, 0.717) is 6.42 Å². The second-order valence-corrected chi connectivity index (χ2v) is 9.01. The van der Waals surface area contributed by atoms with E-state index in [1.807, 2.05) is 0 Å². The van der Waals surface area contributed by atoms with Crippen molar-refractivity contribution in [1.29, 1.82) is 0 Å². The monoisotopic (exact) mass is 398 g/mol. The molecule has 2 amide bonds. The van der Waals surface area contributed by atoms with E-state index in [1.54, 1.807) is 11.8 Å². The normalized spacial score (nSPS) is 25.9. The number of nitrogens with one attached hydrogen (secondary N) is 2. The molecule has 3 unspecified atom stereocenters. The lowest BCUT2D eigenvalue weighted by atomic mass is 10.1. The molecule has 2 aliphatic rings. The molecule has 0 aromatic rings. The van der Waals surface area contributed by atoms with Crippen molar-refractivity contribution in [2.45, 2.75) is 67.7 Å². The maximum Gasteiger partial charge on any atom is 0.408 e. The molecule has 2 heterocycles. The molecule has 3 atom stereocenters. The van der Waals surface area contributed by atoms with Crippen molar-refractivity contribution < 1.29 is 22.8 Å². The van der Waals surface area contributed by atoms with Gasteiger partial charge in [0.2, 0.25) is 11.8 Å². The van der Waals surface area contributed by atoms with Crippen molar-refractivity contribution in [3.8, 4) is 0 Å². The molecule has 0 radical (unpaired) electrons. The summed E-state index contributed by atoms with van der Waals surface area (Å²) in [6, 6.07) is -1.91. The third-order valence-corrected chi connectivity index (χ3v) is 7.14. The molecule has 144 valence electrons. The maximum atomic E-state index is 13.2. The first-order valence-electron chi connectivity index (χ1n) is 8.76. The molecule has 2 rings (SSSR count). The third-order valence-electron chi connectivity index (χ3n) is 4.39. The first-order valence-corrected chi connectivity index (χ1v) is 10.9. The molecule has 9 heteroatoms. The van der Waals surface area contributed by atoms with Crippen LogP contribution in [0.2, 0.25) is 0 Å². The van der Waals surface area contributed by atoms with E-state index in [0.717, 1.165) is 43.6 Å². The van der Waals surface area contributed by atoms with E-state index in [-0.39, 0.29) is 24.1 Å². The second kappa shape index (κ2) is 9.94. The van der Waals surface area contributed by atoms with E-state index in [4.69, 9.17) is 0 Å². The first-order chi connectivity index (χ1) is 11.9. The van der Waals surface area contributed by atoms with Crippen molar-refractivity contribution in [3.05, 3.63) is 0 Å². The zero-order valence-corrected chi connectivity index (χ0v) is 15.7. The predicted molar refractivity (Wildman–Crippen MR) is 95.8 cm³/mol. The Morgan fingerprint density at radius 3 is 2.00 bits per heavy atom. The molecule has 2 aliphatic heterocycles. The SMILES string of the molecule is O=C(NCCC(NC(=O)C1CCCCS1)C(F)(F)F)C1CCCCS1. The number of carbonyl (C=O) groups is 2. The number of carbonyl (C=O) groups excluding carboxylic acids is 2. The molecule has 0 saturated carbocycles. The Labute approximate surface area is 154 Å². The highest BCUT2D eigenvalue weighted by atomic mass is 32.2. The fraction of sp³-hybridized carbons (Fsp3) is 0.875. The van der Waals surface area contributed by atoms with Crippen LogP contribution in [0.25, 0.3) is 0 Å². The van der Waals surface area contributed by atoms with Gasteiger partial charge in [-0.25, -0.2) is 0 Å². The molecule has 4 nitrogen and oxygen atoms in total. The summed E-state index contributed by atoms with van der Waals surface area (Å²) in [7, 11) is 0. The first kappa shape index (κ1) is 20.7. The summed E-state index contributed by atoms with van der Waals surface area (Å²) in [6.45, 7) is -0.0852. The summed E-state index contributed by atoms with van der Waals surface area (Å²) in [4.78, 5) is 24.1. The summed E-state index contributed by atoms with van der Waals surface area (Å²) in [5.41, 5.74) is 0. The van der Waals surface area contributed by atoms with Gasteiger partial charge >= 0.3 is 6.18 Å². The molecular formula is C16H25F3N2O2S2. The molecule has 0 aromatic carbocycles. The summed E-state index contributed by atoms with van der Waals surface area (Å²) >= 11 is 2.98. The van der Waals surface area contributed by atoms with Crippen LogP contribution in [0.4, 0.5) is 13.2 Å². The van der Waals surface area contributed by atoms with Gasteiger partial charge in [-0.1, -0.05) is 12.8 Å². The number of amides is 2. The van der Waals surface area contributed by atoms with Crippen LogP contribution in [0, 0.1) is 0 Å². The zero-order chi connectivity index (χ0) is 18.3. The zero-order valence-electron chi connectivity index (χ0n) is 14.1. The maximum absolute atomic E-state index is 13.2. The van der Waals surface area contributed by atoms with Gasteiger partial charge in [0.15, 0.2) is 0 Å². The summed E-state index contributed by atoms with van der Waals surface area (Å²) in [5.74, 6) is 0.989. The van der Waals surface area contributed by atoms with Crippen LogP contribution in [-0.4, -0.2) is 52.6 Å². The number of rotatable bonds is 6. The third kappa shape index (κ3) is 6.92. The van der Waals surface area contributed by atoms with Gasteiger partial charge in [0.25, 0.3) is 0 Å². The van der Waals surface area contributed by atoms with Crippen LogP contribution in [0.5, 0.6) is 0 Å². The van der Waals surface area contributed by atoms with E-state index >= 15 is 0 Å². The summed E-state index contributed by atoms with van der Waals surface area (Å²) in [6.07, 6.45) is 0.473. The second-order valence-electron chi connectivity index (χ2n) is 6.39. The van der Waals surface area contributed by atoms with Crippen molar-refractivity contribution in [1.82, 2.24) is 10.6 Å². The van der Waals surface area contributed by atoms with Crippen LogP contribution in [0.15, 0.2) is 0 Å². The molecule has 2 fully saturated rings. The van der Waals surface area contributed by atoms with Crippen LogP contribution < -0.4 is 10.6 Å². The number of halogens is 3. The lowest BCUT2D eigenvalue weighted by Gasteiger charge is -2.26. The van der Waals surface area contributed by atoms with E-state index in [1.165, 1.54) is 11.8 Å². The van der Waals surface area contributed by atoms with Gasteiger partial charge in [-0.15, -0.1) is 23.5 Å². The van der Waals surface area contributed by atoms with Gasteiger partial charge in [-0.05, 0) is 43.6 Å². The Morgan fingerprint density at radius 1 is 0.960 bits per heavy atom. The number of thioether (sulfide) groups is 2. The van der Waals surface area contributed by atoms with Gasteiger partial charge in [0, 0.05) is 6.54 Å². The van der Waals surface area contributed by atoms with Crippen LogP contribution >= 0.6 is 23.5 Å². The number of hydrogen-bond donors (Lipinski definition) is 2. The highest BCUT2D eigenvalue weighted by molar-refractivity contribution is 8.00. The Morgan fingerprint density at radius 2 is 1.52 bits per heavy atom. The highest BCUT2D eigenvalue weighted by Gasteiger charge is 2.41. The molecule has 2 saturated heterocycles. The topological polar surface area (TPSA) is 58.2 Å². The minimum atomic E-state index is -4.51. The summed E-state index contributed by atoms with van der Waals surface area (Å²) < 4.78 is 39.6. The van der Waals surface area contributed by atoms with Crippen molar-refractivity contribution in [2.75, 3.05) is 18.1 Å². The van der Waals surface area contributed by atoms with E-state index < -0.39 is 23.4 Å². The molecule has 25 heavy (non-hydrogen) atoms. The largest absolute Gasteiger partial charge is 0.408 e. The minimum Gasteiger partial charge on any atom is -0.355 e. The fourth-order valence-corrected chi connectivity index (χ4v) is 5.36. The van der Waals surface area contributed by atoms with E-state index in [9.17, 15) is 22.8 Å². The van der Waals surface area contributed by atoms with E-state index in [2.05, 4.69) is 10.6 Å². The minimum absolute atomic E-state index is 0.0852. The standard InChI is InChI=1S/C16H25F3N2O2S2/c17-16(18,19)13(21-15(23)12-6-2-4-10-25-12)7-8-20-14(22)11-5-1-3-9-24-11/h11-13H,1-10H2,(H,20,22)(H,21,23). The molecular weight excluding hydrogens is 373 g/mol. The Hall–Kier alpha value is -0.570. The molecule has 0 aliphatic carbocycles. The highest BCUT2D eigenvalue weighted by Crippen LogP contribution is 2.28. The molecule has 2 N–H and O–H groups in total. The van der Waals surface area contributed by atoms with Gasteiger partial charge in [0.05, 0.1) is 10.5 Å². The number of hydrogen-bond acceptors (Lipinski definition) is 4. The lowest BCUT2D eigenvalue weighted by molar-refractivity contribution is -0.162. The van der Waals surface area contributed by atoms with Crippen molar-refractivity contribution in [3.63, 3.8) is 0 Å². The average Bonchev–Trinajstić information content (AvgIpc) is 2.61. The fourth-order valence-electron chi connectivity index (χ4n) is 2.93. The van der Waals surface area contributed by atoms with Gasteiger partial charge < -0.3 is 10.6 Å². The van der Waals surface area contributed by atoms with Crippen LogP contribution in [-0.2, 0) is 9.59 Å². The predicted octanol–water partition coefficient (Wildman–Crippen LogP) is 3.11. The lowest BCUT2D eigenvalue weighted by Crippen LogP contribution is -2.50. The summed E-state index contributed by atoms with van der Waals surface area (Å²) in [5, 5.41) is 4.17. The molecule has 0 aromatic heterocycles. The number of alkyl halides is 3.